The fourth-order valence-electron chi connectivity index (χ4n) is 2.51. The highest BCUT2D eigenvalue weighted by atomic mass is 79.9. The molecule has 0 aliphatic carbocycles. The Labute approximate surface area is 162 Å². The van der Waals surface area contributed by atoms with Gasteiger partial charge in [-0.05, 0) is 62.4 Å². The summed E-state index contributed by atoms with van der Waals surface area (Å²) in [4.78, 5) is 14.3. The number of hydrogen-bond acceptors (Lipinski definition) is 4. The van der Waals surface area contributed by atoms with Crippen LogP contribution in [0.3, 0.4) is 0 Å². The van der Waals surface area contributed by atoms with E-state index < -0.39 is 10.0 Å². The molecule has 2 aromatic rings. The van der Waals surface area contributed by atoms with Crippen molar-refractivity contribution in [2.24, 2.45) is 5.14 Å². The highest BCUT2D eigenvalue weighted by molar-refractivity contribution is 9.10. The minimum atomic E-state index is -3.71. The molecule has 0 aromatic heterocycles. The molecule has 1 amide bonds. The largest absolute Gasteiger partial charge is 0.325 e. The van der Waals surface area contributed by atoms with Crippen LogP contribution >= 0.6 is 15.9 Å². The van der Waals surface area contributed by atoms with E-state index in [4.69, 9.17) is 5.14 Å². The molecule has 6 nitrogen and oxygen atoms in total. The van der Waals surface area contributed by atoms with Crippen LogP contribution in [0.5, 0.6) is 0 Å². The van der Waals surface area contributed by atoms with Gasteiger partial charge in [0.1, 0.15) is 0 Å². The molecule has 3 N–H and O–H groups in total. The van der Waals surface area contributed by atoms with Gasteiger partial charge < -0.3 is 5.32 Å². The molecule has 0 spiro atoms. The Hall–Kier alpha value is -1.74. The molecule has 1 atom stereocenters. The summed E-state index contributed by atoms with van der Waals surface area (Å²) >= 11 is 3.40. The molecule has 2 rings (SSSR count). The molecule has 0 bridgehead atoms. The number of nitrogens with one attached hydrogen (secondary N) is 1. The van der Waals surface area contributed by atoms with Gasteiger partial charge in [0.2, 0.25) is 15.9 Å². The SMILES string of the molecule is Cc1cc(Br)ccc1NC(=O)CN(C)C(C)c1ccc(S(N)(=O)=O)cc1. The van der Waals surface area contributed by atoms with Crippen LogP contribution in [0.25, 0.3) is 0 Å². The third-order valence-electron chi connectivity index (χ3n) is 4.21. The van der Waals surface area contributed by atoms with E-state index in [1.807, 2.05) is 44.0 Å². The zero-order valence-electron chi connectivity index (χ0n) is 14.9. The lowest BCUT2D eigenvalue weighted by molar-refractivity contribution is -0.117. The Bertz CT molecular complexity index is 898. The molecule has 0 saturated heterocycles. The number of anilines is 1. The second kappa shape index (κ2) is 8.30. The number of likely N-dealkylation sites (N-methyl/N-ethyl adjacent to an activating group) is 1. The van der Waals surface area contributed by atoms with Crippen molar-refractivity contribution in [1.82, 2.24) is 4.90 Å². The van der Waals surface area contributed by atoms with Crippen molar-refractivity contribution in [3.8, 4) is 0 Å². The molecular weight excluding hydrogens is 418 g/mol. The molecule has 140 valence electrons. The first kappa shape index (κ1) is 20.6. The van der Waals surface area contributed by atoms with Crippen LogP contribution in [-0.4, -0.2) is 32.8 Å². The van der Waals surface area contributed by atoms with Crippen molar-refractivity contribution >= 4 is 37.5 Å². The van der Waals surface area contributed by atoms with E-state index in [0.29, 0.717) is 0 Å². The molecule has 2 aromatic carbocycles. The zero-order valence-corrected chi connectivity index (χ0v) is 17.3. The van der Waals surface area contributed by atoms with Crippen LogP contribution in [0.4, 0.5) is 5.69 Å². The lowest BCUT2D eigenvalue weighted by Crippen LogP contribution is -2.32. The van der Waals surface area contributed by atoms with E-state index in [0.717, 1.165) is 21.3 Å². The number of carbonyl (C=O) groups excluding carboxylic acids is 1. The predicted octanol–water partition coefficient (Wildman–Crippen LogP) is 3.04. The highest BCUT2D eigenvalue weighted by Crippen LogP contribution is 2.22. The van der Waals surface area contributed by atoms with Gasteiger partial charge in [-0.1, -0.05) is 28.1 Å². The smallest absolute Gasteiger partial charge is 0.238 e. The van der Waals surface area contributed by atoms with Crippen LogP contribution in [0.2, 0.25) is 0 Å². The van der Waals surface area contributed by atoms with Gasteiger partial charge in [0.25, 0.3) is 0 Å². The average Bonchev–Trinajstić information content (AvgIpc) is 2.56. The molecule has 0 fully saturated rings. The van der Waals surface area contributed by atoms with Crippen LogP contribution in [0, 0.1) is 6.92 Å². The van der Waals surface area contributed by atoms with Gasteiger partial charge in [-0.15, -0.1) is 0 Å². The maximum Gasteiger partial charge on any atom is 0.238 e. The van der Waals surface area contributed by atoms with Gasteiger partial charge in [0, 0.05) is 16.2 Å². The second-order valence-corrected chi connectivity index (χ2v) is 8.69. The number of nitrogens with zero attached hydrogens (tertiary/aromatic N) is 1. The lowest BCUT2D eigenvalue weighted by atomic mass is 10.1. The van der Waals surface area contributed by atoms with Crippen LogP contribution in [0.15, 0.2) is 51.8 Å². The Morgan fingerprint density at radius 1 is 1.23 bits per heavy atom. The first-order chi connectivity index (χ1) is 12.1. The van der Waals surface area contributed by atoms with Gasteiger partial charge in [-0.2, -0.15) is 0 Å². The minimum Gasteiger partial charge on any atom is -0.325 e. The van der Waals surface area contributed by atoms with Crippen molar-refractivity contribution in [3.63, 3.8) is 0 Å². The Kier molecular flexibility index (Phi) is 6.57. The first-order valence-corrected chi connectivity index (χ1v) is 10.3. The number of nitrogens with two attached hydrogens (primary N) is 1. The van der Waals surface area contributed by atoms with E-state index in [-0.39, 0.29) is 23.4 Å². The van der Waals surface area contributed by atoms with Crippen molar-refractivity contribution in [2.45, 2.75) is 24.8 Å². The molecular formula is C18H22BrN3O3S. The molecule has 26 heavy (non-hydrogen) atoms. The monoisotopic (exact) mass is 439 g/mol. The molecule has 0 aliphatic heterocycles. The van der Waals surface area contributed by atoms with Crippen LogP contribution in [-0.2, 0) is 14.8 Å². The van der Waals surface area contributed by atoms with Crippen LogP contribution < -0.4 is 10.5 Å². The number of aryl methyl sites for hydroxylation is 1. The van der Waals surface area contributed by atoms with E-state index in [9.17, 15) is 13.2 Å². The van der Waals surface area contributed by atoms with Crippen molar-refractivity contribution in [3.05, 3.63) is 58.1 Å². The average molecular weight is 440 g/mol. The Balaban J connectivity index is 2.01. The normalized spacial score (nSPS) is 12.8. The predicted molar refractivity (Wildman–Crippen MR) is 106 cm³/mol. The Morgan fingerprint density at radius 3 is 2.38 bits per heavy atom. The number of halogens is 1. The van der Waals surface area contributed by atoms with Crippen molar-refractivity contribution < 1.29 is 13.2 Å². The number of primary sulfonamides is 1. The highest BCUT2D eigenvalue weighted by Gasteiger charge is 2.16. The Morgan fingerprint density at radius 2 is 1.85 bits per heavy atom. The summed E-state index contributed by atoms with van der Waals surface area (Å²) in [6.45, 7) is 4.08. The number of sulfonamides is 1. The van der Waals surface area contributed by atoms with Gasteiger partial charge in [0.05, 0.1) is 11.4 Å². The van der Waals surface area contributed by atoms with Gasteiger partial charge in [-0.3, -0.25) is 9.69 Å². The summed E-state index contributed by atoms with van der Waals surface area (Å²) in [5, 5.41) is 8.02. The number of rotatable bonds is 6. The van der Waals surface area contributed by atoms with E-state index in [2.05, 4.69) is 21.2 Å². The van der Waals surface area contributed by atoms with Crippen LogP contribution in [0.1, 0.15) is 24.1 Å². The summed E-state index contributed by atoms with van der Waals surface area (Å²) in [5.41, 5.74) is 2.64. The topological polar surface area (TPSA) is 92.5 Å². The second-order valence-electron chi connectivity index (χ2n) is 6.21. The molecule has 0 saturated carbocycles. The molecule has 1 unspecified atom stereocenters. The number of hydrogen-bond donors (Lipinski definition) is 2. The third-order valence-corrected chi connectivity index (χ3v) is 5.63. The van der Waals surface area contributed by atoms with Gasteiger partial charge in [0.15, 0.2) is 0 Å². The number of amides is 1. The van der Waals surface area contributed by atoms with E-state index >= 15 is 0 Å². The van der Waals surface area contributed by atoms with E-state index in [1.54, 1.807) is 12.1 Å². The zero-order chi connectivity index (χ0) is 19.5. The fraction of sp³-hybridized carbons (Fsp3) is 0.278. The molecule has 0 radical (unpaired) electrons. The standard InChI is InChI=1S/C18H22BrN3O3S/c1-12-10-15(19)6-9-17(12)21-18(23)11-22(3)13(2)14-4-7-16(8-5-14)26(20,24)25/h4-10,13H,11H2,1-3H3,(H,21,23)(H2,20,24,25). The van der Waals surface area contributed by atoms with E-state index in [1.165, 1.54) is 12.1 Å². The lowest BCUT2D eigenvalue weighted by Gasteiger charge is -2.24. The van der Waals surface area contributed by atoms with Crippen molar-refractivity contribution in [2.75, 3.05) is 18.9 Å². The fourth-order valence-corrected chi connectivity index (χ4v) is 3.50. The van der Waals surface area contributed by atoms with Gasteiger partial charge >= 0.3 is 0 Å². The first-order valence-electron chi connectivity index (χ1n) is 7.97. The molecule has 0 heterocycles. The summed E-state index contributed by atoms with van der Waals surface area (Å²) in [7, 11) is -1.87. The minimum absolute atomic E-state index is 0.0682. The quantitative estimate of drug-likeness (QED) is 0.722. The summed E-state index contributed by atoms with van der Waals surface area (Å²) in [6, 6.07) is 12.0. The third kappa shape index (κ3) is 5.38. The van der Waals surface area contributed by atoms with Gasteiger partial charge in [-0.25, -0.2) is 13.6 Å². The van der Waals surface area contributed by atoms with Crippen molar-refractivity contribution in [1.29, 1.82) is 0 Å². The maximum absolute atomic E-state index is 12.3. The summed E-state index contributed by atoms with van der Waals surface area (Å²) in [5.74, 6) is -0.120. The summed E-state index contributed by atoms with van der Waals surface area (Å²) < 4.78 is 23.6. The molecule has 0 aliphatic rings. The molecule has 8 heteroatoms. The number of benzene rings is 2. The number of carbonyl (C=O) groups is 1. The summed E-state index contributed by atoms with van der Waals surface area (Å²) in [6.07, 6.45) is 0. The maximum atomic E-state index is 12.3.